The summed E-state index contributed by atoms with van der Waals surface area (Å²) in [6.07, 6.45) is -0.115. The third kappa shape index (κ3) is 5.28. The van der Waals surface area contributed by atoms with Crippen molar-refractivity contribution in [3.8, 4) is 5.75 Å². The second-order valence-corrected chi connectivity index (χ2v) is 5.66. The van der Waals surface area contributed by atoms with Gasteiger partial charge < -0.3 is 15.4 Å². The number of hydrogen-bond donors (Lipinski definition) is 2. The molecule has 0 aromatic heterocycles. The van der Waals surface area contributed by atoms with Crippen molar-refractivity contribution in [2.24, 2.45) is 0 Å². The van der Waals surface area contributed by atoms with Gasteiger partial charge in [0.05, 0.1) is 0 Å². The summed E-state index contributed by atoms with van der Waals surface area (Å²) < 4.78 is 5.71. The van der Waals surface area contributed by atoms with Gasteiger partial charge >= 0.3 is 0 Å². The molecule has 2 aromatic carbocycles. The van der Waals surface area contributed by atoms with E-state index in [0.717, 1.165) is 0 Å². The number of carbonyl (C=O) groups is 2. The molecule has 0 heterocycles. The molecule has 0 bridgehead atoms. The minimum atomic E-state index is -0.629. The first-order valence-corrected chi connectivity index (χ1v) is 7.96. The van der Waals surface area contributed by atoms with Gasteiger partial charge in [-0.2, -0.15) is 0 Å². The van der Waals surface area contributed by atoms with E-state index in [1.165, 1.54) is 6.92 Å². The van der Waals surface area contributed by atoms with Gasteiger partial charge in [0.1, 0.15) is 5.75 Å². The number of anilines is 2. The molecule has 0 saturated heterocycles. The SMILES string of the molecule is CCC(Oc1ccc(Cl)cc1)C(=O)Nc1cccc(NC(C)=O)c1. The highest BCUT2D eigenvalue weighted by molar-refractivity contribution is 6.30. The zero-order chi connectivity index (χ0) is 17.5. The van der Waals surface area contributed by atoms with Crippen LogP contribution in [0.4, 0.5) is 11.4 Å². The number of hydrogen-bond acceptors (Lipinski definition) is 3. The molecule has 6 heteroatoms. The van der Waals surface area contributed by atoms with Crippen LogP contribution in [0, 0.1) is 0 Å². The molecule has 0 aliphatic heterocycles. The van der Waals surface area contributed by atoms with E-state index in [-0.39, 0.29) is 11.8 Å². The number of carbonyl (C=O) groups excluding carboxylic acids is 2. The summed E-state index contributed by atoms with van der Waals surface area (Å²) in [5.41, 5.74) is 1.20. The van der Waals surface area contributed by atoms with E-state index in [1.54, 1.807) is 48.5 Å². The van der Waals surface area contributed by atoms with Gasteiger partial charge in [-0.25, -0.2) is 0 Å². The number of rotatable bonds is 6. The van der Waals surface area contributed by atoms with Crippen LogP contribution in [0.5, 0.6) is 5.75 Å². The molecule has 5 nitrogen and oxygen atoms in total. The van der Waals surface area contributed by atoms with Crippen molar-refractivity contribution in [3.63, 3.8) is 0 Å². The molecule has 126 valence electrons. The van der Waals surface area contributed by atoms with Gasteiger partial charge in [-0.1, -0.05) is 24.6 Å². The molecule has 2 amide bonds. The summed E-state index contributed by atoms with van der Waals surface area (Å²) in [4.78, 5) is 23.5. The first-order chi connectivity index (χ1) is 11.5. The molecule has 0 aliphatic carbocycles. The van der Waals surface area contributed by atoms with Crippen LogP contribution in [0.2, 0.25) is 5.02 Å². The van der Waals surface area contributed by atoms with Crippen molar-refractivity contribution in [2.75, 3.05) is 10.6 Å². The molecule has 1 unspecified atom stereocenters. The van der Waals surface area contributed by atoms with Gasteiger partial charge in [0.2, 0.25) is 5.91 Å². The van der Waals surface area contributed by atoms with Gasteiger partial charge in [0.25, 0.3) is 5.91 Å². The quantitative estimate of drug-likeness (QED) is 0.827. The standard InChI is InChI=1S/C18H19ClN2O3/c1-3-17(24-16-9-7-13(19)8-10-16)18(23)21-15-6-4-5-14(11-15)20-12(2)22/h4-11,17H,3H2,1-2H3,(H,20,22)(H,21,23). The van der Waals surface area contributed by atoms with Crippen LogP contribution in [-0.2, 0) is 9.59 Å². The van der Waals surface area contributed by atoms with Crippen LogP contribution in [-0.4, -0.2) is 17.9 Å². The lowest BCUT2D eigenvalue weighted by Crippen LogP contribution is -2.32. The summed E-state index contributed by atoms with van der Waals surface area (Å²) in [5.74, 6) is 0.150. The fraction of sp³-hybridized carbons (Fsp3) is 0.222. The summed E-state index contributed by atoms with van der Waals surface area (Å²) in [7, 11) is 0. The van der Waals surface area contributed by atoms with Gasteiger partial charge in [0.15, 0.2) is 6.10 Å². The molecule has 2 rings (SSSR count). The number of benzene rings is 2. The van der Waals surface area contributed by atoms with Crippen LogP contribution in [0.15, 0.2) is 48.5 Å². The molecular formula is C18H19ClN2O3. The van der Waals surface area contributed by atoms with Crippen molar-refractivity contribution in [1.82, 2.24) is 0 Å². The Morgan fingerprint density at radius 3 is 2.29 bits per heavy atom. The highest BCUT2D eigenvalue weighted by Gasteiger charge is 2.18. The molecule has 0 radical (unpaired) electrons. The lowest BCUT2D eigenvalue weighted by atomic mass is 10.2. The van der Waals surface area contributed by atoms with E-state index in [1.807, 2.05) is 6.92 Å². The Balaban J connectivity index is 2.03. The third-order valence-electron chi connectivity index (χ3n) is 3.21. The van der Waals surface area contributed by atoms with Crippen LogP contribution >= 0.6 is 11.6 Å². The Morgan fingerprint density at radius 2 is 1.71 bits per heavy atom. The van der Waals surface area contributed by atoms with Crippen molar-refractivity contribution in [3.05, 3.63) is 53.6 Å². The zero-order valence-electron chi connectivity index (χ0n) is 13.5. The fourth-order valence-electron chi connectivity index (χ4n) is 2.10. The first kappa shape index (κ1) is 17.8. The van der Waals surface area contributed by atoms with Crippen molar-refractivity contribution >= 4 is 34.8 Å². The molecular weight excluding hydrogens is 328 g/mol. The minimum Gasteiger partial charge on any atom is -0.481 e. The molecule has 0 aliphatic rings. The van der Waals surface area contributed by atoms with Gasteiger partial charge in [-0.05, 0) is 48.9 Å². The van der Waals surface area contributed by atoms with Crippen LogP contribution in [0.3, 0.4) is 0 Å². The maximum atomic E-state index is 12.4. The van der Waals surface area contributed by atoms with Gasteiger partial charge in [-0.3, -0.25) is 9.59 Å². The second kappa shape index (κ2) is 8.36. The van der Waals surface area contributed by atoms with Crippen molar-refractivity contribution in [2.45, 2.75) is 26.4 Å². The van der Waals surface area contributed by atoms with E-state index in [0.29, 0.717) is 28.6 Å². The maximum Gasteiger partial charge on any atom is 0.265 e. The van der Waals surface area contributed by atoms with Gasteiger partial charge in [-0.15, -0.1) is 0 Å². The van der Waals surface area contributed by atoms with E-state index in [2.05, 4.69) is 10.6 Å². The van der Waals surface area contributed by atoms with E-state index in [4.69, 9.17) is 16.3 Å². The summed E-state index contributed by atoms with van der Waals surface area (Å²) >= 11 is 5.84. The number of nitrogens with one attached hydrogen (secondary N) is 2. The summed E-state index contributed by atoms with van der Waals surface area (Å²) in [5, 5.41) is 6.08. The first-order valence-electron chi connectivity index (χ1n) is 7.58. The number of halogens is 1. The third-order valence-corrected chi connectivity index (χ3v) is 3.46. The average molecular weight is 347 g/mol. The second-order valence-electron chi connectivity index (χ2n) is 5.22. The normalized spacial score (nSPS) is 11.5. The summed E-state index contributed by atoms with van der Waals surface area (Å²) in [6.45, 7) is 3.30. The predicted octanol–water partition coefficient (Wildman–Crippen LogP) is 4.09. The lowest BCUT2D eigenvalue weighted by Gasteiger charge is -2.17. The number of amides is 2. The Kier molecular flexibility index (Phi) is 6.21. The van der Waals surface area contributed by atoms with Crippen molar-refractivity contribution in [1.29, 1.82) is 0 Å². The Labute approximate surface area is 146 Å². The molecule has 0 fully saturated rings. The zero-order valence-corrected chi connectivity index (χ0v) is 14.3. The largest absolute Gasteiger partial charge is 0.481 e. The highest BCUT2D eigenvalue weighted by Crippen LogP contribution is 2.19. The molecule has 2 N–H and O–H groups in total. The van der Waals surface area contributed by atoms with Crippen molar-refractivity contribution < 1.29 is 14.3 Å². The maximum absolute atomic E-state index is 12.4. The van der Waals surface area contributed by atoms with E-state index in [9.17, 15) is 9.59 Å². The summed E-state index contributed by atoms with van der Waals surface area (Å²) in [6, 6.07) is 13.8. The lowest BCUT2D eigenvalue weighted by molar-refractivity contribution is -0.122. The van der Waals surface area contributed by atoms with Gasteiger partial charge in [0, 0.05) is 23.3 Å². The van der Waals surface area contributed by atoms with Crippen LogP contribution < -0.4 is 15.4 Å². The fourth-order valence-corrected chi connectivity index (χ4v) is 2.23. The van der Waals surface area contributed by atoms with E-state index < -0.39 is 6.10 Å². The molecule has 0 spiro atoms. The topological polar surface area (TPSA) is 67.4 Å². The molecule has 1 atom stereocenters. The minimum absolute atomic E-state index is 0.170. The van der Waals surface area contributed by atoms with Crippen LogP contribution in [0.25, 0.3) is 0 Å². The number of ether oxygens (including phenoxy) is 1. The smallest absolute Gasteiger partial charge is 0.265 e. The Hall–Kier alpha value is -2.53. The molecule has 2 aromatic rings. The molecule has 24 heavy (non-hydrogen) atoms. The molecule has 0 saturated carbocycles. The highest BCUT2D eigenvalue weighted by atomic mass is 35.5. The monoisotopic (exact) mass is 346 g/mol. The van der Waals surface area contributed by atoms with E-state index >= 15 is 0 Å². The Morgan fingerprint density at radius 1 is 1.08 bits per heavy atom. The predicted molar refractivity (Wildman–Crippen MR) is 95.5 cm³/mol. The van der Waals surface area contributed by atoms with Crippen LogP contribution in [0.1, 0.15) is 20.3 Å². The Bertz CT molecular complexity index is 716. The average Bonchev–Trinajstić information content (AvgIpc) is 2.54.